The number of rotatable bonds is 7. The van der Waals surface area contributed by atoms with Crippen LogP contribution in [0.15, 0.2) is 29.4 Å². The number of aromatic nitrogens is 3. The van der Waals surface area contributed by atoms with Crippen LogP contribution in [0.2, 0.25) is 0 Å². The van der Waals surface area contributed by atoms with Crippen molar-refractivity contribution in [2.75, 3.05) is 42.3 Å². The van der Waals surface area contributed by atoms with Gasteiger partial charge in [0.15, 0.2) is 5.16 Å². The summed E-state index contributed by atoms with van der Waals surface area (Å²) in [4.78, 5) is 17.1. The fourth-order valence-corrected chi connectivity index (χ4v) is 4.52. The number of hydrogen-bond acceptors (Lipinski definition) is 6. The number of carbonyl (C=O) groups is 1. The van der Waals surface area contributed by atoms with Crippen molar-refractivity contribution in [3.8, 4) is 0 Å². The maximum atomic E-state index is 12.7. The summed E-state index contributed by atoms with van der Waals surface area (Å²) in [5, 5.41) is 12.6. The van der Waals surface area contributed by atoms with Crippen LogP contribution in [-0.4, -0.2) is 53.1 Å². The molecule has 7 nitrogen and oxygen atoms in total. The van der Waals surface area contributed by atoms with E-state index >= 15 is 0 Å². The van der Waals surface area contributed by atoms with Crippen molar-refractivity contribution < 1.29 is 4.79 Å². The molecular weight excluding hydrogens is 384 g/mol. The summed E-state index contributed by atoms with van der Waals surface area (Å²) in [5.41, 5.74) is 1.92. The summed E-state index contributed by atoms with van der Waals surface area (Å²) in [6.07, 6.45) is 6.07. The molecule has 29 heavy (non-hydrogen) atoms. The second-order valence-electron chi connectivity index (χ2n) is 8.12. The van der Waals surface area contributed by atoms with E-state index in [0.29, 0.717) is 6.04 Å². The van der Waals surface area contributed by atoms with Crippen LogP contribution < -0.4 is 15.1 Å². The molecule has 2 fully saturated rings. The van der Waals surface area contributed by atoms with Crippen molar-refractivity contribution in [3.63, 3.8) is 0 Å². The van der Waals surface area contributed by atoms with Gasteiger partial charge in [-0.2, -0.15) is 0 Å². The van der Waals surface area contributed by atoms with Crippen LogP contribution >= 0.6 is 11.8 Å². The van der Waals surface area contributed by atoms with Crippen molar-refractivity contribution in [1.82, 2.24) is 14.8 Å². The smallest absolute Gasteiger partial charge is 0.237 e. The van der Waals surface area contributed by atoms with Gasteiger partial charge in [-0.1, -0.05) is 11.8 Å². The highest BCUT2D eigenvalue weighted by Gasteiger charge is 2.33. The van der Waals surface area contributed by atoms with Gasteiger partial charge >= 0.3 is 0 Å². The molecule has 1 amide bonds. The highest BCUT2D eigenvalue weighted by Crippen LogP contribution is 2.42. The van der Waals surface area contributed by atoms with E-state index in [-0.39, 0.29) is 11.2 Å². The van der Waals surface area contributed by atoms with Gasteiger partial charge in [-0.3, -0.25) is 9.36 Å². The second kappa shape index (κ2) is 8.65. The van der Waals surface area contributed by atoms with Crippen LogP contribution in [-0.2, 0) is 4.79 Å². The molecule has 1 unspecified atom stereocenters. The van der Waals surface area contributed by atoms with Gasteiger partial charge in [0.1, 0.15) is 0 Å². The molecule has 1 saturated heterocycles. The van der Waals surface area contributed by atoms with Crippen LogP contribution in [0.25, 0.3) is 0 Å². The van der Waals surface area contributed by atoms with Gasteiger partial charge in [0, 0.05) is 44.6 Å². The number of piperidine rings is 1. The summed E-state index contributed by atoms with van der Waals surface area (Å²) >= 11 is 1.50. The first-order valence-electron chi connectivity index (χ1n) is 10.5. The van der Waals surface area contributed by atoms with Crippen molar-refractivity contribution in [3.05, 3.63) is 24.3 Å². The Morgan fingerprint density at radius 2 is 1.83 bits per heavy atom. The summed E-state index contributed by atoms with van der Waals surface area (Å²) < 4.78 is 2.27. The Balaban J connectivity index is 1.43. The fourth-order valence-electron chi connectivity index (χ4n) is 3.61. The number of thioether (sulfide) groups is 1. The van der Waals surface area contributed by atoms with E-state index in [0.717, 1.165) is 35.6 Å². The van der Waals surface area contributed by atoms with Gasteiger partial charge in [-0.05, 0) is 63.3 Å². The first-order chi connectivity index (χ1) is 14.0. The molecule has 2 heterocycles. The Morgan fingerprint density at radius 3 is 2.45 bits per heavy atom. The SMILES string of the molecule is CC(Sc1nnc(N2CCCCC2)n1C1CC1)C(=O)Nc1ccc(N(C)C)cc1. The Labute approximate surface area is 176 Å². The Bertz CT molecular complexity index is 839. The normalized spacial score (nSPS) is 17.8. The predicted octanol–water partition coefficient (Wildman–Crippen LogP) is 3.79. The van der Waals surface area contributed by atoms with E-state index in [1.807, 2.05) is 50.2 Å². The lowest BCUT2D eigenvalue weighted by atomic mass is 10.1. The lowest BCUT2D eigenvalue weighted by molar-refractivity contribution is -0.115. The number of hydrogen-bond donors (Lipinski definition) is 1. The van der Waals surface area contributed by atoms with E-state index in [9.17, 15) is 4.79 Å². The highest BCUT2D eigenvalue weighted by atomic mass is 32.2. The summed E-state index contributed by atoms with van der Waals surface area (Å²) in [6, 6.07) is 8.36. The highest BCUT2D eigenvalue weighted by molar-refractivity contribution is 8.00. The largest absolute Gasteiger partial charge is 0.378 e. The van der Waals surface area contributed by atoms with Gasteiger partial charge in [-0.25, -0.2) is 0 Å². The molecule has 2 aliphatic rings. The molecule has 0 radical (unpaired) electrons. The molecule has 1 aromatic heterocycles. The summed E-state index contributed by atoms with van der Waals surface area (Å²) in [5.74, 6) is 0.971. The zero-order chi connectivity index (χ0) is 20.4. The molecular formula is C21H30N6OS. The van der Waals surface area contributed by atoms with Crippen molar-refractivity contribution in [2.24, 2.45) is 0 Å². The van der Waals surface area contributed by atoms with Crippen LogP contribution in [0, 0.1) is 0 Å². The monoisotopic (exact) mass is 414 g/mol. The average molecular weight is 415 g/mol. The first kappa shape index (κ1) is 20.1. The Kier molecular flexibility index (Phi) is 5.99. The van der Waals surface area contributed by atoms with E-state index in [1.165, 1.54) is 43.9 Å². The van der Waals surface area contributed by atoms with Crippen molar-refractivity contribution >= 4 is 35.0 Å². The number of nitrogens with zero attached hydrogens (tertiary/aromatic N) is 5. The lowest BCUT2D eigenvalue weighted by Crippen LogP contribution is -2.32. The van der Waals surface area contributed by atoms with Crippen LogP contribution in [0.3, 0.4) is 0 Å². The number of amides is 1. The van der Waals surface area contributed by atoms with Crippen LogP contribution in [0.1, 0.15) is 45.1 Å². The Hall–Kier alpha value is -2.22. The average Bonchev–Trinajstić information content (AvgIpc) is 3.49. The maximum Gasteiger partial charge on any atom is 0.237 e. The fraction of sp³-hybridized carbons (Fsp3) is 0.571. The summed E-state index contributed by atoms with van der Waals surface area (Å²) in [6.45, 7) is 4.03. The van der Waals surface area contributed by atoms with E-state index in [2.05, 4.69) is 25.0 Å². The predicted molar refractivity (Wildman–Crippen MR) is 119 cm³/mol. The molecule has 1 aliphatic heterocycles. The molecule has 8 heteroatoms. The van der Waals surface area contributed by atoms with Crippen LogP contribution in [0.4, 0.5) is 17.3 Å². The third kappa shape index (κ3) is 4.69. The standard InChI is InChI=1S/C21H30N6OS/c1-15(19(28)22-16-7-9-17(10-8-16)25(2)3)29-21-24-23-20(27(21)18-11-12-18)26-13-5-4-6-14-26/h7-10,15,18H,4-6,11-14H2,1-3H3,(H,22,28). The van der Waals surface area contributed by atoms with Crippen LogP contribution in [0.5, 0.6) is 0 Å². The quantitative estimate of drug-likeness (QED) is 0.696. The zero-order valence-electron chi connectivity index (χ0n) is 17.5. The summed E-state index contributed by atoms with van der Waals surface area (Å²) in [7, 11) is 4.00. The molecule has 156 valence electrons. The molecule has 0 spiro atoms. The minimum atomic E-state index is -0.251. The van der Waals surface area contributed by atoms with Crippen molar-refractivity contribution in [2.45, 2.75) is 55.5 Å². The Morgan fingerprint density at radius 1 is 1.14 bits per heavy atom. The van der Waals surface area contributed by atoms with Gasteiger partial charge in [0.2, 0.25) is 11.9 Å². The van der Waals surface area contributed by atoms with Gasteiger partial charge < -0.3 is 15.1 Å². The molecule has 1 saturated carbocycles. The first-order valence-corrected chi connectivity index (χ1v) is 11.4. The molecule has 4 rings (SSSR count). The van der Waals surface area contributed by atoms with E-state index in [1.54, 1.807) is 0 Å². The van der Waals surface area contributed by atoms with Crippen molar-refractivity contribution in [1.29, 1.82) is 0 Å². The van der Waals surface area contributed by atoms with Gasteiger partial charge in [0.05, 0.1) is 5.25 Å². The number of carbonyl (C=O) groups excluding carboxylic acids is 1. The minimum absolute atomic E-state index is 0.0162. The molecule has 1 aliphatic carbocycles. The number of nitrogens with one attached hydrogen (secondary N) is 1. The third-order valence-electron chi connectivity index (χ3n) is 5.50. The van der Waals surface area contributed by atoms with Gasteiger partial charge in [0.25, 0.3) is 0 Å². The third-order valence-corrected chi connectivity index (χ3v) is 6.56. The molecule has 1 atom stereocenters. The second-order valence-corrected chi connectivity index (χ2v) is 9.43. The van der Waals surface area contributed by atoms with E-state index in [4.69, 9.17) is 0 Å². The number of anilines is 3. The zero-order valence-corrected chi connectivity index (χ0v) is 18.3. The van der Waals surface area contributed by atoms with Gasteiger partial charge in [-0.15, -0.1) is 10.2 Å². The topological polar surface area (TPSA) is 66.3 Å². The van der Waals surface area contributed by atoms with E-state index < -0.39 is 0 Å². The maximum absolute atomic E-state index is 12.7. The number of benzene rings is 1. The molecule has 2 aromatic rings. The lowest BCUT2D eigenvalue weighted by Gasteiger charge is -2.28. The minimum Gasteiger partial charge on any atom is -0.378 e. The molecule has 1 N–H and O–H groups in total. The molecule has 1 aromatic carbocycles. The molecule has 0 bridgehead atoms.